The average Bonchev–Trinajstić information content (AvgIpc) is 1.99. The summed E-state index contributed by atoms with van der Waals surface area (Å²) in [6, 6.07) is 0. The molecule has 0 amide bonds. The minimum absolute atomic E-state index is 0.104. The number of hydrogen-bond acceptors (Lipinski definition) is 2. The molecule has 2 heteroatoms. The zero-order valence-electron chi connectivity index (χ0n) is 6.46. The predicted octanol–water partition coefficient (Wildman–Crippen LogP) is 2.44. The number of rotatable bonds is 3. The number of aliphatic imine (C=N–C) groups is 1. The van der Waals surface area contributed by atoms with Gasteiger partial charge >= 0.3 is 0 Å². The summed E-state index contributed by atoms with van der Waals surface area (Å²) in [6.07, 6.45) is 3.65. The Morgan fingerprint density at radius 1 is 1.70 bits per heavy atom. The number of allylic oxidation sites excluding steroid dienone is 1. The largest absolute Gasteiger partial charge is 0.506 e. The smallest absolute Gasteiger partial charge is 0.133 e. The second-order valence-electron chi connectivity index (χ2n) is 1.98. The van der Waals surface area contributed by atoms with Crippen LogP contribution in [0.4, 0.5) is 0 Å². The van der Waals surface area contributed by atoms with E-state index < -0.39 is 0 Å². The molecule has 0 aliphatic rings. The van der Waals surface area contributed by atoms with Crippen LogP contribution in [0.5, 0.6) is 0 Å². The number of aliphatic hydroxyl groups excluding tert-OH is 1. The molecule has 0 aromatic rings. The highest BCUT2D eigenvalue weighted by molar-refractivity contribution is 5.82. The highest BCUT2D eigenvalue weighted by atomic mass is 16.3. The zero-order valence-corrected chi connectivity index (χ0v) is 6.46. The van der Waals surface area contributed by atoms with E-state index in [1.54, 1.807) is 0 Å². The molecule has 0 radical (unpaired) electrons. The van der Waals surface area contributed by atoms with Gasteiger partial charge in [0.05, 0.1) is 6.20 Å². The molecule has 10 heavy (non-hydrogen) atoms. The molecule has 0 aliphatic carbocycles. The van der Waals surface area contributed by atoms with Gasteiger partial charge in [-0.05, 0) is 19.4 Å². The summed E-state index contributed by atoms with van der Waals surface area (Å²) < 4.78 is 0. The molecule has 0 aromatic heterocycles. The van der Waals surface area contributed by atoms with Gasteiger partial charge in [-0.1, -0.05) is 13.5 Å². The molecule has 0 heterocycles. The first-order valence-electron chi connectivity index (χ1n) is 3.25. The average molecular weight is 139 g/mol. The third kappa shape index (κ3) is 3.89. The van der Waals surface area contributed by atoms with E-state index in [9.17, 15) is 0 Å². The lowest BCUT2D eigenvalue weighted by Crippen LogP contribution is -1.84. The van der Waals surface area contributed by atoms with Gasteiger partial charge in [0.15, 0.2) is 0 Å². The maximum absolute atomic E-state index is 8.84. The van der Waals surface area contributed by atoms with Gasteiger partial charge in [0.2, 0.25) is 0 Å². The molecule has 0 fully saturated rings. The summed E-state index contributed by atoms with van der Waals surface area (Å²) in [5.41, 5.74) is 0.994. The maximum atomic E-state index is 8.84. The summed E-state index contributed by atoms with van der Waals surface area (Å²) in [7, 11) is 0. The predicted molar refractivity (Wildman–Crippen MR) is 44.3 cm³/mol. The lowest BCUT2D eigenvalue weighted by molar-refractivity contribution is 0.431. The Morgan fingerprint density at radius 3 is 2.70 bits per heavy atom. The van der Waals surface area contributed by atoms with Crippen LogP contribution in [0.1, 0.15) is 20.3 Å². The van der Waals surface area contributed by atoms with Crippen LogP contribution in [0.3, 0.4) is 0 Å². The van der Waals surface area contributed by atoms with Gasteiger partial charge in [-0.25, -0.2) is 0 Å². The van der Waals surface area contributed by atoms with E-state index in [-0.39, 0.29) is 5.76 Å². The molecule has 0 unspecified atom stereocenters. The first-order valence-corrected chi connectivity index (χ1v) is 3.25. The van der Waals surface area contributed by atoms with E-state index in [2.05, 4.69) is 11.6 Å². The Balaban J connectivity index is 4.03. The minimum Gasteiger partial charge on any atom is -0.506 e. The Labute approximate surface area is 61.6 Å². The third-order valence-corrected chi connectivity index (χ3v) is 1.14. The van der Waals surface area contributed by atoms with Crippen molar-refractivity contribution in [3.8, 4) is 0 Å². The summed E-state index contributed by atoms with van der Waals surface area (Å²) in [5, 5.41) is 8.84. The van der Waals surface area contributed by atoms with Crippen molar-refractivity contribution in [3.05, 3.63) is 24.6 Å². The number of aliphatic hydroxyl groups is 1. The van der Waals surface area contributed by atoms with E-state index in [1.165, 1.54) is 12.3 Å². The Morgan fingerprint density at radius 2 is 2.30 bits per heavy atom. The topological polar surface area (TPSA) is 32.6 Å². The van der Waals surface area contributed by atoms with Gasteiger partial charge in [-0.2, -0.15) is 0 Å². The summed E-state index contributed by atoms with van der Waals surface area (Å²) in [6.45, 7) is 7.30. The van der Waals surface area contributed by atoms with Crippen molar-refractivity contribution in [1.82, 2.24) is 0 Å². The minimum atomic E-state index is 0.104. The molecule has 0 saturated carbocycles. The highest BCUT2D eigenvalue weighted by Crippen LogP contribution is 1.91. The van der Waals surface area contributed by atoms with Gasteiger partial charge in [0.1, 0.15) is 5.76 Å². The van der Waals surface area contributed by atoms with Crippen LogP contribution in [0, 0.1) is 0 Å². The van der Waals surface area contributed by atoms with Crippen LogP contribution in [0.15, 0.2) is 29.6 Å². The molecule has 0 saturated heterocycles. The highest BCUT2D eigenvalue weighted by Gasteiger charge is 1.82. The standard InChI is InChI=1S/C8H13NO/c1-4-7(3)9-6-8(10)5-2/h5-6,10H,2,4H2,1,3H3/b8-6+,9-7?. The molecule has 0 aromatic carbocycles. The SMILES string of the molecule is C=C/C(O)=C\N=C(C)CC. The van der Waals surface area contributed by atoms with Crippen LogP contribution in [0.25, 0.3) is 0 Å². The molecule has 2 nitrogen and oxygen atoms in total. The molecule has 0 aliphatic heterocycles. The van der Waals surface area contributed by atoms with Crippen molar-refractivity contribution < 1.29 is 5.11 Å². The van der Waals surface area contributed by atoms with Gasteiger partial charge in [-0.3, -0.25) is 4.99 Å². The van der Waals surface area contributed by atoms with Crippen molar-refractivity contribution >= 4 is 5.71 Å². The molecule has 0 atom stereocenters. The van der Waals surface area contributed by atoms with Crippen molar-refractivity contribution in [1.29, 1.82) is 0 Å². The molecule has 0 bridgehead atoms. The van der Waals surface area contributed by atoms with Gasteiger partial charge in [-0.15, -0.1) is 0 Å². The molecular weight excluding hydrogens is 126 g/mol. The summed E-state index contributed by atoms with van der Waals surface area (Å²) in [4.78, 5) is 3.95. The van der Waals surface area contributed by atoms with Crippen molar-refractivity contribution in [2.45, 2.75) is 20.3 Å². The second-order valence-corrected chi connectivity index (χ2v) is 1.98. The quantitative estimate of drug-likeness (QED) is 0.363. The Hall–Kier alpha value is -1.05. The first-order chi connectivity index (χ1) is 4.70. The lowest BCUT2D eigenvalue weighted by atomic mass is 10.3. The van der Waals surface area contributed by atoms with E-state index in [1.807, 2.05) is 13.8 Å². The van der Waals surface area contributed by atoms with E-state index in [0.717, 1.165) is 12.1 Å². The Bertz CT molecular complexity index is 168. The third-order valence-electron chi connectivity index (χ3n) is 1.14. The van der Waals surface area contributed by atoms with Crippen LogP contribution >= 0.6 is 0 Å². The van der Waals surface area contributed by atoms with E-state index >= 15 is 0 Å². The molecule has 56 valence electrons. The number of hydrogen-bond donors (Lipinski definition) is 1. The van der Waals surface area contributed by atoms with Crippen LogP contribution in [-0.4, -0.2) is 10.8 Å². The monoisotopic (exact) mass is 139 g/mol. The zero-order chi connectivity index (χ0) is 7.98. The number of nitrogens with zero attached hydrogens (tertiary/aromatic N) is 1. The van der Waals surface area contributed by atoms with Crippen molar-refractivity contribution in [2.75, 3.05) is 0 Å². The molecular formula is C8H13NO. The fourth-order valence-corrected chi connectivity index (χ4v) is 0.320. The van der Waals surface area contributed by atoms with Crippen LogP contribution in [-0.2, 0) is 0 Å². The van der Waals surface area contributed by atoms with Gasteiger partial charge < -0.3 is 5.11 Å². The van der Waals surface area contributed by atoms with Crippen LogP contribution < -0.4 is 0 Å². The van der Waals surface area contributed by atoms with Crippen molar-refractivity contribution in [3.63, 3.8) is 0 Å². The van der Waals surface area contributed by atoms with Crippen molar-refractivity contribution in [2.24, 2.45) is 4.99 Å². The summed E-state index contributed by atoms with van der Waals surface area (Å²) in [5.74, 6) is 0.104. The van der Waals surface area contributed by atoms with Gasteiger partial charge in [0.25, 0.3) is 0 Å². The van der Waals surface area contributed by atoms with Crippen LogP contribution in [0.2, 0.25) is 0 Å². The van der Waals surface area contributed by atoms with Gasteiger partial charge in [0, 0.05) is 5.71 Å². The normalized spacial score (nSPS) is 13.4. The van der Waals surface area contributed by atoms with E-state index in [0.29, 0.717) is 0 Å². The second kappa shape index (κ2) is 4.79. The summed E-state index contributed by atoms with van der Waals surface area (Å²) >= 11 is 0. The fourth-order valence-electron chi connectivity index (χ4n) is 0.320. The Kier molecular flexibility index (Phi) is 4.29. The lowest BCUT2D eigenvalue weighted by Gasteiger charge is -1.89. The van der Waals surface area contributed by atoms with E-state index in [4.69, 9.17) is 5.11 Å². The molecule has 0 rings (SSSR count). The maximum Gasteiger partial charge on any atom is 0.133 e. The molecule has 0 spiro atoms. The fraction of sp³-hybridized carbons (Fsp3) is 0.375. The first kappa shape index (κ1) is 8.95. The molecule has 1 N–H and O–H groups in total.